The SMILES string of the molecule is CNC(=O)CCCOc1cc([N+](=O)[O-])c(C=O)cc1OC. The molecule has 8 heteroatoms. The average Bonchev–Trinajstić information content (AvgIpc) is 2.50. The van der Waals surface area contributed by atoms with E-state index in [1.807, 2.05) is 0 Å². The molecule has 0 fully saturated rings. The molecule has 1 rings (SSSR count). The Labute approximate surface area is 121 Å². The molecule has 0 aromatic heterocycles. The number of nitrogens with one attached hydrogen (secondary N) is 1. The summed E-state index contributed by atoms with van der Waals surface area (Å²) in [5.41, 5.74) is -0.443. The van der Waals surface area contributed by atoms with Gasteiger partial charge in [-0.3, -0.25) is 19.7 Å². The Bertz CT molecular complexity index is 544. The molecule has 0 aliphatic heterocycles. The van der Waals surface area contributed by atoms with Crippen molar-refractivity contribution in [2.24, 2.45) is 0 Å². The Kier molecular flexibility index (Phi) is 6.12. The third-order valence-electron chi connectivity index (χ3n) is 2.72. The summed E-state index contributed by atoms with van der Waals surface area (Å²) in [5.74, 6) is 0.266. The lowest BCUT2D eigenvalue weighted by atomic mass is 10.1. The molecule has 0 saturated carbocycles. The zero-order valence-corrected chi connectivity index (χ0v) is 11.8. The van der Waals surface area contributed by atoms with Gasteiger partial charge in [-0.25, -0.2) is 0 Å². The lowest BCUT2D eigenvalue weighted by molar-refractivity contribution is -0.385. The van der Waals surface area contributed by atoms with Crippen LogP contribution in [-0.2, 0) is 4.79 Å². The number of nitro benzene ring substituents is 1. The summed E-state index contributed by atoms with van der Waals surface area (Å²) in [6.45, 7) is 0.196. The van der Waals surface area contributed by atoms with Gasteiger partial charge >= 0.3 is 0 Å². The van der Waals surface area contributed by atoms with Crippen molar-refractivity contribution in [3.05, 3.63) is 27.8 Å². The molecule has 1 aromatic carbocycles. The molecule has 0 atom stereocenters. The van der Waals surface area contributed by atoms with E-state index in [0.29, 0.717) is 12.7 Å². The Balaban J connectivity index is 2.85. The van der Waals surface area contributed by atoms with Crippen LogP contribution in [0.4, 0.5) is 5.69 Å². The zero-order chi connectivity index (χ0) is 15.8. The van der Waals surface area contributed by atoms with E-state index in [0.717, 1.165) is 6.07 Å². The van der Waals surface area contributed by atoms with Gasteiger partial charge in [-0.05, 0) is 6.42 Å². The first-order valence-corrected chi connectivity index (χ1v) is 6.18. The van der Waals surface area contributed by atoms with Crippen molar-refractivity contribution in [1.82, 2.24) is 5.32 Å². The monoisotopic (exact) mass is 296 g/mol. The van der Waals surface area contributed by atoms with Crippen LogP contribution in [0.5, 0.6) is 11.5 Å². The maximum absolute atomic E-state index is 11.1. The van der Waals surface area contributed by atoms with Crippen LogP contribution in [0.1, 0.15) is 23.2 Å². The second kappa shape index (κ2) is 7.83. The summed E-state index contributed by atoms with van der Waals surface area (Å²) in [5, 5.41) is 13.4. The third-order valence-corrected chi connectivity index (χ3v) is 2.72. The Morgan fingerprint density at radius 1 is 1.43 bits per heavy atom. The highest BCUT2D eigenvalue weighted by molar-refractivity contribution is 5.83. The predicted octanol–water partition coefficient (Wildman–Crippen LogP) is 1.32. The molecular formula is C13H16N2O6. The highest BCUT2D eigenvalue weighted by Crippen LogP contribution is 2.34. The number of methoxy groups -OCH3 is 1. The number of hydrogen-bond donors (Lipinski definition) is 1. The topological polar surface area (TPSA) is 108 Å². The lowest BCUT2D eigenvalue weighted by Gasteiger charge is -2.11. The fourth-order valence-electron chi connectivity index (χ4n) is 1.63. The van der Waals surface area contributed by atoms with E-state index in [9.17, 15) is 19.7 Å². The maximum Gasteiger partial charge on any atom is 0.283 e. The van der Waals surface area contributed by atoms with Crippen molar-refractivity contribution >= 4 is 17.9 Å². The van der Waals surface area contributed by atoms with Crippen molar-refractivity contribution in [2.45, 2.75) is 12.8 Å². The molecule has 114 valence electrons. The standard InChI is InChI=1S/C13H16N2O6/c1-14-13(17)4-3-5-21-12-7-10(15(18)19)9(8-16)6-11(12)20-2/h6-8H,3-5H2,1-2H3,(H,14,17). The molecule has 1 amide bonds. The minimum absolute atomic E-state index is 0.0884. The van der Waals surface area contributed by atoms with Gasteiger partial charge in [0.2, 0.25) is 5.91 Å². The van der Waals surface area contributed by atoms with Gasteiger partial charge in [0.25, 0.3) is 5.69 Å². The molecule has 0 unspecified atom stereocenters. The van der Waals surface area contributed by atoms with E-state index < -0.39 is 4.92 Å². The smallest absolute Gasteiger partial charge is 0.283 e. The van der Waals surface area contributed by atoms with Gasteiger partial charge in [-0.1, -0.05) is 0 Å². The number of rotatable bonds is 8. The molecule has 1 aromatic rings. The fraction of sp³-hybridized carbons (Fsp3) is 0.385. The van der Waals surface area contributed by atoms with Gasteiger partial charge < -0.3 is 14.8 Å². The first kappa shape index (κ1) is 16.4. The molecule has 8 nitrogen and oxygen atoms in total. The number of ether oxygens (including phenoxy) is 2. The van der Waals surface area contributed by atoms with E-state index in [4.69, 9.17) is 9.47 Å². The van der Waals surface area contributed by atoms with Gasteiger partial charge in [-0.15, -0.1) is 0 Å². The van der Waals surface area contributed by atoms with Crippen molar-refractivity contribution in [2.75, 3.05) is 20.8 Å². The summed E-state index contributed by atoms with van der Waals surface area (Å²) in [6.07, 6.45) is 1.12. The molecular weight excluding hydrogens is 280 g/mol. The van der Waals surface area contributed by atoms with Gasteiger partial charge in [0, 0.05) is 19.5 Å². The number of nitrogens with zero attached hydrogens (tertiary/aromatic N) is 1. The van der Waals surface area contributed by atoms with Crippen LogP contribution in [-0.4, -0.2) is 37.9 Å². The van der Waals surface area contributed by atoms with Crippen LogP contribution >= 0.6 is 0 Å². The molecule has 21 heavy (non-hydrogen) atoms. The molecule has 0 radical (unpaired) electrons. The van der Waals surface area contributed by atoms with Crippen LogP contribution in [0.25, 0.3) is 0 Å². The largest absolute Gasteiger partial charge is 0.493 e. The predicted molar refractivity (Wildman–Crippen MR) is 73.8 cm³/mol. The van der Waals surface area contributed by atoms with Gasteiger partial charge in [-0.2, -0.15) is 0 Å². The molecule has 0 saturated heterocycles. The minimum atomic E-state index is -0.666. The van der Waals surface area contributed by atoms with E-state index in [-0.39, 0.29) is 41.7 Å². The summed E-state index contributed by atoms with van der Waals surface area (Å²) in [7, 11) is 2.90. The van der Waals surface area contributed by atoms with Gasteiger partial charge in [0.05, 0.1) is 30.3 Å². The molecule has 0 heterocycles. The summed E-state index contributed by atoms with van der Waals surface area (Å²) in [4.78, 5) is 32.1. The number of benzene rings is 1. The zero-order valence-electron chi connectivity index (χ0n) is 11.8. The second-order valence-corrected chi connectivity index (χ2v) is 4.06. The number of amides is 1. The van der Waals surface area contributed by atoms with Crippen LogP contribution in [0, 0.1) is 10.1 Å². The number of hydrogen-bond acceptors (Lipinski definition) is 6. The highest BCUT2D eigenvalue weighted by Gasteiger charge is 2.19. The van der Waals surface area contributed by atoms with Gasteiger partial charge in [0.15, 0.2) is 17.8 Å². The van der Waals surface area contributed by atoms with Crippen LogP contribution in [0.2, 0.25) is 0 Å². The summed E-state index contributed by atoms with van der Waals surface area (Å²) in [6, 6.07) is 2.39. The number of nitro groups is 1. The third kappa shape index (κ3) is 4.44. The van der Waals surface area contributed by atoms with Gasteiger partial charge in [0.1, 0.15) is 0 Å². The summed E-state index contributed by atoms with van der Waals surface area (Å²) < 4.78 is 10.4. The molecule has 0 spiro atoms. The fourth-order valence-corrected chi connectivity index (χ4v) is 1.63. The minimum Gasteiger partial charge on any atom is -0.493 e. The first-order chi connectivity index (χ1) is 10.0. The number of carbonyl (C=O) groups excluding carboxylic acids is 2. The maximum atomic E-state index is 11.1. The Morgan fingerprint density at radius 2 is 2.14 bits per heavy atom. The van der Waals surface area contributed by atoms with Crippen molar-refractivity contribution < 1.29 is 24.0 Å². The highest BCUT2D eigenvalue weighted by atomic mass is 16.6. The normalized spacial score (nSPS) is 9.81. The number of aldehydes is 1. The average molecular weight is 296 g/mol. The van der Waals surface area contributed by atoms with Crippen molar-refractivity contribution in [3.8, 4) is 11.5 Å². The molecule has 0 aliphatic rings. The van der Waals surface area contributed by atoms with Crippen molar-refractivity contribution in [1.29, 1.82) is 0 Å². The van der Waals surface area contributed by atoms with Crippen LogP contribution in [0.3, 0.4) is 0 Å². The molecule has 1 N–H and O–H groups in total. The Morgan fingerprint density at radius 3 is 2.67 bits per heavy atom. The number of carbonyl (C=O) groups is 2. The first-order valence-electron chi connectivity index (χ1n) is 6.18. The lowest BCUT2D eigenvalue weighted by Crippen LogP contribution is -2.18. The van der Waals surface area contributed by atoms with E-state index in [1.54, 1.807) is 0 Å². The quantitative estimate of drug-likeness (QED) is 0.335. The van der Waals surface area contributed by atoms with E-state index >= 15 is 0 Å². The Hall–Kier alpha value is -2.64. The molecule has 0 aliphatic carbocycles. The summed E-state index contributed by atoms with van der Waals surface area (Å²) >= 11 is 0. The second-order valence-electron chi connectivity index (χ2n) is 4.06. The van der Waals surface area contributed by atoms with E-state index in [2.05, 4.69) is 5.32 Å². The molecule has 0 bridgehead atoms. The van der Waals surface area contributed by atoms with Crippen molar-refractivity contribution in [3.63, 3.8) is 0 Å². The van der Waals surface area contributed by atoms with Crippen LogP contribution < -0.4 is 14.8 Å². The van der Waals surface area contributed by atoms with Crippen LogP contribution in [0.15, 0.2) is 12.1 Å². The van der Waals surface area contributed by atoms with E-state index in [1.165, 1.54) is 20.2 Å².